The van der Waals surface area contributed by atoms with Gasteiger partial charge >= 0.3 is 0 Å². The van der Waals surface area contributed by atoms with Crippen molar-refractivity contribution in [1.82, 2.24) is 0 Å². The molecule has 2 N–H and O–H groups in total. The Balaban J connectivity index is 1.79. The molecule has 0 radical (unpaired) electrons. The number of hydrogen-bond acceptors (Lipinski definition) is 2. The van der Waals surface area contributed by atoms with Crippen LogP contribution in [0.15, 0.2) is 47.1 Å². The monoisotopic (exact) mass is 395 g/mol. The Morgan fingerprint density at radius 3 is 2.28 bits per heavy atom. The number of nitrogens with two attached hydrogens (primary N) is 1. The van der Waals surface area contributed by atoms with Crippen LogP contribution in [0.1, 0.15) is 90.7 Å². The topological polar surface area (TPSA) is 35.2 Å². The molecule has 1 aromatic rings. The quantitative estimate of drug-likeness (QED) is 0.341. The first-order valence-corrected chi connectivity index (χ1v) is 11.2. The van der Waals surface area contributed by atoms with Crippen LogP contribution in [-0.4, -0.2) is 5.60 Å². The summed E-state index contributed by atoms with van der Waals surface area (Å²) < 4.78 is 6.45. The van der Waals surface area contributed by atoms with Crippen LogP contribution in [0.5, 0.6) is 5.75 Å². The molecule has 1 atom stereocenters. The molecular formula is C27H41NO. The zero-order chi connectivity index (χ0) is 21.4. The molecule has 1 aliphatic heterocycles. The fourth-order valence-corrected chi connectivity index (χ4v) is 4.04. The lowest BCUT2D eigenvalue weighted by molar-refractivity contribution is 0.0563. The molecule has 2 rings (SSSR count). The van der Waals surface area contributed by atoms with Crippen LogP contribution in [0.25, 0.3) is 0 Å². The summed E-state index contributed by atoms with van der Waals surface area (Å²) in [5, 5.41) is 0. The van der Waals surface area contributed by atoms with Crippen molar-refractivity contribution in [3.63, 3.8) is 0 Å². The molecule has 0 aromatic heterocycles. The zero-order valence-electron chi connectivity index (χ0n) is 19.5. The lowest BCUT2D eigenvalue weighted by Gasteiger charge is -2.36. The molecule has 0 bridgehead atoms. The Morgan fingerprint density at radius 1 is 1.00 bits per heavy atom. The summed E-state index contributed by atoms with van der Waals surface area (Å²) in [6.07, 6.45) is 16.0. The molecule has 1 unspecified atom stereocenters. The van der Waals surface area contributed by atoms with Gasteiger partial charge in [0, 0.05) is 5.69 Å². The average Bonchev–Trinajstić information content (AvgIpc) is 2.62. The number of hydrogen-bond donors (Lipinski definition) is 1. The van der Waals surface area contributed by atoms with Crippen molar-refractivity contribution < 1.29 is 4.74 Å². The third kappa shape index (κ3) is 7.76. The highest BCUT2D eigenvalue weighted by atomic mass is 16.5. The third-order valence-corrected chi connectivity index (χ3v) is 5.93. The fourth-order valence-electron chi connectivity index (χ4n) is 4.04. The van der Waals surface area contributed by atoms with Crippen molar-refractivity contribution in [2.75, 3.05) is 5.73 Å². The van der Waals surface area contributed by atoms with Crippen LogP contribution >= 0.6 is 0 Å². The molecule has 0 saturated heterocycles. The van der Waals surface area contributed by atoms with Gasteiger partial charge in [-0.05, 0) is 116 Å². The first-order valence-electron chi connectivity index (χ1n) is 11.2. The van der Waals surface area contributed by atoms with E-state index in [1.807, 2.05) is 6.07 Å². The van der Waals surface area contributed by atoms with E-state index in [0.29, 0.717) is 0 Å². The number of nitrogen functional groups attached to an aromatic ring is 1. The Kier molecular flexibility index (Phi) is 8.61. The number of ether oxygens (including phenoxy) is 1. The lowest BCUT2D eigenvalue weighted by atomic mass is 9.87. The van der Waals surface area contributed by atoms with Gasteiger partial charge in [0.05, 0.1) is 0 Å². The van der Waals surface area contributed by atoms with Gasteiger partial charge in [-0.25, -0.2) is 0 Å². The Morgan fingerprint density at radius 2 is 1.62 bits per heavy atom. The molecule has 0 amide bonds. The van der Waals surface area contributed by atoms with E-state index in [1.165, 1.54) is 28.7 Å². The van der Waals surface area contributed by atoms with Crippen molar-refractivity contribution in [2.24, 2.45) is 0 Å². The summed E-state index contributed by atoms with van der Waals surface area (Å²) in [5.41, 5.74) is 13.6. The summed E-state index contributed by atoms with van der Waals surface area (Å²) in [7, 11) is 0. The van der Waals surface area contributed by atoms with Crippen LogP contribution in [-0.2, 0) is 6.42 Å². The molecule has 1 aromatic carbocycles. The molecule has 2 heteroatoms. The second-order valence-electron chi connectivity index (χ2n) is 9.38. The summed E-state index contributed by atoms with van der Waals surface area (Å²) in [5.74, 6) is 1.06. The smallest absolute Gasteiger partial charge is 0.126 e. The highest BCUT2D eigenvalue weighted by Gasteiger charge is 2.31. The minimum atomic E-state index is -0.0773. The van der Waals surface area contributed by atoms with Gasteiger partial charge in [-0.1, -0.05) is 34.9 Å². The normalized spacial score (nSPS) is 19.5. The van der Waals surface area contributed by atoms with Crippen LogP contribution in [0.2, 0.25) is 0 Å². The number of anilines is 1. The molecule has 1 aliphatic rings. The minimum Gasteiger partial charge on any atom is -0.487 e. The van der Waals surface area contributed by atoms with Crippen molar-refractivity contribution in [1.29, 1.82) is 0 Å². The second kappa shape index (κ2) is 10.7. The summed E-state index contributed by atoms with van der Waals surface area (Å²) in [6, 6.07) is 4.09. The Bertz CT molecular complexity index is 780. The minimum absolute atomic E-state index is 0.0773. The predicted molar refractivity (Wildman–Crippen MR) is 128 cm³/mol. The van der Waals surface area contributed by atoms with E-state index in [1.54, 1.807) is 0 Å². The molecule has 0 fully saturated rings. The molecule has 29 heavy (non-hydrogen) atoms. The predicted octanol–water partition coefficient (Wildman–Crippen LogP) is 7.86. The zero-order valence-corrected chi connectivity index (χ0v) is 19.5. The number of fused-ring (bicyclic) bond motifs is 1. The third-order valence-electron chi connectivity index (χ3n) is 5.93. The van der Waals surface area contributed by atoms with Crippen molar-refractivity contribution in [3.05, 3.63) is 58.2 Å². The van der Waals surface area contributed by atoms with Crippen molar-refractivity contribution >= 4 is 5.69 Å². The van der Waals surface area contributed by atoms with E-state index >= 15 is 0 Å². The molecule has 0 aliphatic carbocycles. The molecule has 2 nitrogen and oxygen atoms in total. The van der Waals surface area contributed by atoms with Crippen LogP contribution in [0.3, 0.4) is 0 Å². The number of aryl methyl sites for hydroxylation is 2. The first-order chi connectivity index (χ1) is 13.7. The fraction of sp³-hybridized carbons (Fsp3) is 0.556. The molecule has 0 spiro atoms. The summed E-state index contributed by atoms with van der Waals surface area (Å²) in [4.78, 5) is 0. The van der Waals surface area contributed by atoms with E-state index in [2.05, 4.69) is 65.8 Å². The van der Waals surface area contributed by atoms with Crippen LogP contribution in [0, 0.1) is 6.92 Å². The van der Waals surface area contributed by atoms with Crippen LogP contribution in [0.4, 0.5) is 5.69 Å². The van der Waals surface area contributed by atoms with Crippen molar-refractivity contribution in [2.45, 2.75) is 98.5 Å². The van der Waals surface area contributed by atoms with E-state index in [4.69, 9.17) is 10.5 Å². The van der Waals surface area contributed by atoms with Gasteiger partial charge in [0.15, 0.2) is 0 Å². The maximum Gasteiger partial charge on any atom is 0.126 e. The van der Waals surface area contributed by atoms with E-state index in [0.717, 1.165) is 61.9 Å². The summed E-state index contributed by atoms with van der Waals surface area (Å²) >= 11 is 0. The van der Waals surface area contributed by atoms with Gasteiger partial charge in [-0.3, -0.25) is 0 Å². The average molecular weight is 396 g/mol. The maximum absolute atomic E-state index is 6.45. The van der Waals surface area contributed by atoms with Gasteiger partial charge in [-0.15, -0.1) is 0 Å². The molecule has 0 saturated carbocycles. The van der Waals surface area contributed by atoms with Gasteiger partial charge in [0.2, 0.25) is 0 Å². The van der Waals surface area contributed by atoms with Gasteiger partial charge in [0.1, 0.15) is 11.4 Å². The maximum atomic E-state index is 6.45. The van der Waals surface area contributed by atoms with E-state index < -0.39 is 0 Å². The SMILES string of the molecule is CC(C)=CCC/C(C)=C/CC/C(C)=C/CCC1(C)CCc2cc(N)cc(C)c2O1. The van der Waals surface area contributed by atoms with Gasteiger partial charge in [0.25, 0.3) is 0 Å². The standard InChI is InChI=1S/C27H41NO/c1-20(2)10-7-11-21(3)12-8-13-22(4)14-9-16-27(6)17-15-24-19-25(28)18-23(5)26(24)29-27/h10,12,14,18-19H,7-9,11,13,15-17,28H2,1-6H3/b21-12+,22-14+. The molecule has 160 valence electrons. The highest BCUT2D eigenvalue weighted by Crippen LogP contribution is 2.39. The Labute approximate surface area is 178 Å². The lowest BCUT2D eigenvalue weighted by Crippen LogP contribution is -2.36. The number of rotatable bonds is 9. The van der Waals surface area contributed by atoms with E-state index in [-0.39, 0.29) is 5.60 Å². The molecular weight excluding hydrogens is 354 g/mol. The summed E-state index contributed by atoms with van der Waals surface area (Å²) in [6.45, 7) is 13.2. The second-order valence-corrected chi connectivity index (χ2v) is 9.38. The number of allylic oxidation sites excluding steroid dienone is 6. The highest BCUT2D eigenvalue weighted by molar-refractivity contribution is 5.54. The van der Waals surface area contributed by atoms with Crippen molar-refractivity contribution in [3.8, 4) is 5.75 Å². The first kappa shape index (κ1) is 23.3. The molecule has 1 heterocycles. The van der Waals surface area contributed by atoms with E-state index in [9.17, 15) is 0 Å². The number of benzene rings is 1. The van der Waals surface area contributed by atoms with Crippen LogP contribution < -0.4 is 10.5 Å². The Hall–Kier alpha value is -1.96. The van der Waals surface area contributed by atoms with Gasteiger partial charge < -0.3 is 10.5 Å². The largest absolute Gasteiger partial charge is 0.487 e. The van der Waals surface area contributed by atoms with Gasteiger partial charge in [-0.2, -0.15) is 0 Å².